The molecule has 0 aliphatic rings. The molecule has 2 aromatic carbocycles. The lowest BCUT2D eigenvalue weighted by Crippen LogP contribution is -2.29. The van der Waals surface area contributed by atoms with Gasteiger partial charge in [-0.2, -0.15) is 0 Å². The van der Waals surface area contributed by atoms with E-state index < -0.39 is 11.5 Å². The van der Waals surface area contributed by atoms with E-state index in [2.05, 4.69) is 10.3 Å². The normalized spacial score (nSPS) is 10.4. The van der Waals surface area contributed by atoms with Crippen molar-refractivity contribution in [3.63, 3.8) is 0 Å². The first-order valence-electron chi connectivity index (χ1n) is 7.45. The fourth-order valence-corrected chi connectivity index (χ4v) is 2.45. The molecule has 5 heteroatoms. The van der Waals surface area contributed by atoms with E-state index in [1.54, 1.807) is 18.2 Å². The average molecular weight is 339 g/mol. The van der Waals surface area contributed by atoms with Crippen LogP contribution in [0.15, 0.2) is 71.5 Å². The zero-order valence-electron chi connectivity index (χ0n) is 12.8. The highest BCUT2D eigenvalue weighted by Crippen LogP contribution is 2.18. The third-order valence-electron chi connectivity index (χ3n) is 3.61. The van der Waals surface area contributed by atoms with E-state index in [0.717, 1.165) is 11.1 Å². The molecule has 0 saturated heterocycles. The van der Waals surface area contributed by atoms with Gasteiger partial charge in [-0.25, -0.2) is 0 Å². The SMILES string of the molecule is O=C(NCc1ccccc1)c1ccc(-c2ccc(Cl)cc2)[nH]c1=O. The molecule has 3 rings (SSSR count). The number of benzene rings is 2. The fourth-order valence-electron chi connectivity index (χ4n) is 2.32. The molecule has 0 unspecified atom stereocenters. The van der Waals surface area contributed by atoms with Crippen molar-refractivity contribution in [1.82, 2.24) is 10.3 Å². The van der Waals surface area contributed by atoms with Crippen molar-refractivity contribution in [3.05, 3.63) is 93.2 Å². The number of carbonyl (C=O) groups is 1. The summed E-state index contributed by atoms with van der Waals surface area (Å²) in [5.74, 6) is -0.400. The lowest BCUT2D eigenvalue weighted by Gasteiger charge is -2.06. The summed E-state index contributed by atoms with van der Waals surface area (Å²) >= 11 is 5.86. The van der Waals surface area contributed by atoms with Crippen LogP contribution in [0.25, 0.3) is 11.3 Å². The van der Waals surface area contributed by atoms with Gasteiger partial charge in [0.15, 0.2) is 0 Å². The molecule has 1 heterocycles. The number of hydrogen-bond donors (Lipinski definition) is 2. The molecule has 4 nitrogen and oxygen atoms in total. The number of H-pyrrole nitrogens is 1. The predicted molar refractivity (Wildman–Crippen MR) is 95.1 cm³/mol. The van der Waals surface area contributed by atoms with Crippen LogP contribution in [0.3, 0.4) is 0 Å². The minimum absolute atomic E-state index is 0.0867. The molecule has 2 N–H and O–H groups in total. The number of aromatic nitrogens is 1. The Hall–Kier alpha value is -2.85. The molecule has 0 radical (unpaired) electrons. The topological polar surface area (TPSA) is 62.0 Å². The lowest BCUT2D eigenvalue weighted by atomic mass is 10.1. The molecule has 0 spiro atoms. The van der Waals surface area contributed by atoms with Crippen molar-refractivity contribution in [2.24, 2.45) is 0 Å². The van der Waals surface area contributed by atoms with Crippen LogP contribution in [-0.4, -0.2) is 10.9 Å². The molecule has 3 aromatic rings. The maximum atomic E-state index is 12.2. The molecule has 0 aliphatic carbocycles. The third-order valence-corrected chi connectivity index (χ3v) is 3.86. The highest BCUT2D eigenvalue weighted by molar-refractivity contribution is 6.30. The highest BCUT2D eigenvalue weighted by Gasteiger charge is 2.11. The van der Waals surface area contributed by atoms with Crippen LogP contribution in [0.2, 0.25) is 5.02 Å². The largest absolute Gasteiger partial charge is 0.348 e. The summed E-state index contributed by atoms with van der Waals surface area (Å²) in [6.45, 7) is 0.373. The number of amides is 1. The van der Waals surface area contributed by atoms with E-state index in [0.29, 0.717) is 17.3 Å². The Labute approximate surface area is 144 Å². The molecular weight excluding hydrogens is 324 g/mol. The van der Waals surface area contributed by atoms with Crippen molar-refractivity contribution >= 4 is 17.5 Å². The van der Waals surface area contributed by atoms with E-state index in [1.165, 1.54) is 6.07 Å². The zero-order valence-corrected chi connectivity index (χ0v) is 13.5. The van der Waals surface area contributed by atoms with Gasteiger partial charge >= 0.3 is 0 Å². The second kappa shape index (κ2) is 7.15. The van der Waals surface area contributed by atoms with E-state index in [1.807, 2.05) is 42.5 Å². The van der Waals surface area contributed by atoms with Crippen molar-refractivity contribution < 1.29 is 4.79 Å². The molecule has 24 heavy (non-hydrogen) atoms. The van der Waals surface area contributed by atoms with Gasteiger partial charge in [-0.15, -0.1) is 0 Å². The van der Waals surface area contributed by atoms with Crippen LogP contribution in [-0.2, 0) is 6.54 Å². The standard InChI is InChI=1S/C19H15ClN2O2/c20-15-8-6-14(7-9-15)17-11-10-16(19(24)22-17)18(23)21-12-13-4-2-1-3-5-13/h1-11H,12H2,(H,21,23)(H,22,24). The van der Waals surface area contributed by atoms with E-state index >= 15 is 0 Å². The Morgan fingerprint density at radius 2 is 1.67 bits per heavy atom. The van der Waals surface area contributed by atoms with Crippen molar-refractivity contribution in [3.8, 4) is 11.3 Å². The number of rotatable bonds is 4. The first kappa shape index (κ1) is 16.0. The van der Waals surface area contributed by atoms with Gasteiger partial charge in [0, 0.05) is 17.3 Å². The highest BCUT2D eigenvalue weighted by atomic mass is 35.5. The summed E-state index contributed by atoms with van der Waals surface area (Å²) in [4.78, 5) is 27.1. The van der Waals surface area contributed by atoms with Gasteiger partial charge in [0.25, 0.3) is 11.5 Å². The van der Waals surface area contributed by atoms with E-state index in [-0.39, 0.29) is 5.56 Å². The molecule has 1 amide bonds. The average Bonchev–Trinajstić information content (AvgIpc) is 2.61. The van der Waals surface area contributed by atoms with Crippen LogP contribution in [0.1, 0.15) is 15.9 Å². The third kappa shape index (κ3) is 3.73. The number of aromatic amines is 1. The molecular formula is C19H15ClN2O2. The Morgan fingerprint density at radius 3 is 2.33 bits per heavy atom. The first-order valence-corrected chi connectivity index (χ1v) is 7.83. The second-order valence-electron chi connectivity index (χ2n) is 5.29. The lowest BCUT2D eigenvalue weighted by molar-refractivity contribution is 0.0949. The maximum Gasteiger partial charge on any atom is 0.261 e. The smallest absolute Gasteiger partial charge is 0.261 e. The number of nitrogens with one attached hydrogen (secondary N) is 2. The van der Waals surface area contributed by atoms with Crippen LogP contribution in [0.5, 0.6) is 0 Å². The van der Waals surface area contributed by atoms with E-state index in [4.69, 9.17) is 11.6 Å². The Bertz CT molecular complexity index is 903. The van der Waals surface area contributed by atoms with Crippen LogP contribution >= 0.6 is 11.6 Å². The molecule has 0 bridgehead atoms. The fraction of sp³-hybridized carbons (Fsp3) is 0.0526. The van der Waals surface area contributed by atoms with Crippen LogP contribution in [0, 0.1) is 0 Å². The molecule has 0 aliphatic heterocycles. The summed E-state index contributed by atoms with van der Waals surface area (Å²) in [5, 5.41) is 3.37. The number of pyridine rings is 1. The Morgan fingerprint density at radius 1 is 0.958 bits per heavy atom. The summed E-state index contributed by atoms with van der Waals surface area (Å²) in [7, 11) is 0. The quantitative estimate of drug-likeness (QED) is 0.763. The monoisotopic (exact) mass is 338 g/mol. The number of carbonyl (C=O) groups excluding carboxylic acids is 1. The van der Waals surface area contributed by atoms with Crippen molar-refractivity contribution in [2.75, 3.05) is 0 Å². The van der Waals surface area contributed by atoms with Gasteiger partial charge in [-0.3, -0.25) is 9.59 Å². The second-order valence-corrected chi connectivity index (χ2v) is 5.73. The summed E-state index contributed by atoms with van der Waals surface area (Å²) in [6, 6.07) is 19.9. The van der Waals surface area contributed by atoms with Crippen LogP contribution < -0.4 is 10.9 Å². The number of hydrogen-bond acceptors (Lipinski definition) is 2. The van der Waals surface area contributed by atoms with Gasteiger partial charge < -0.3 is 10.3 Å². The molecule has 120 valence electrons. The number of halogens is 1. The van der Waals surface area contributed by atoms with Crippen LogP contribution in [0.4, 0.5) is 0 Å². The van der Waals surface area contributed by atoms with E-state index in [9.17, 15) is 9.59 Å². The zero-order chi connectivity index (χ0) is 16.9. The minimum atomic E-state index is -0.423. The molecule has 0 fully saturated rings. The molecule has 1 aromatic heterocycles. The summed E-state index contributed by atoms with van der Waals surface area (Å²) in [6.07, 6.45) is 0. The molecule has 0 saturated carbocycles. The predicted octanol–water partition coefficient (Wildman–Crippen LogP) is 3.63. The van der Waals surface area contributed by atoms with Gasteiger partial charge in [0.2, 0.25) is 0 Å². The van der Waals surface area contributed by atoms with Gasteiger partial charge in [0.05, 0.1) is 0 Å². The minimum Gasteiger partial charge on any atom is -0.348 e. The van der Waals surface area contributed by atoms with Crippen molar-refractivity contribution in [2.45, 2.75) is 6.54 Å². The van der Waals surface area contributed by atoms with Gasteiger partial charge in [0.1, 0.15) is 5.56 Å². The first-order chi connectivity index (χ1) is 11.6. The molecule has 0 atom stereocenters. The Kier molecular flexibility index (Phi) is 4.77. The summed E-state index contributed by atoms with van der Waals surface area (Å²) < 4.78 is 0. The van der Waals surface area contributed by atoms with Crippen molar-refractivity contribution in [1.29, 1.82) is 0 Å². The Balaban J connectivity index is 1.76. The summed E-state index contributed by atoms with van der Waals surface area (Å²) in [5.41, 5.74) is 2.10. The maximum absolute atomic E-state index is 12.2. The van der Waals surface area contributed by atoms with Gasteiger partial charge in [-0.05, 0) is 35.4 Å². The van der Waals surface area contributed by atoms with Gasteiger partial charge in [-0.1, -0.05) is 54.1 Å².